The molecule has 2 aliphatic rings. The smallest absolute Gasteiger partial charge is 0.279 e. The normalized spacial score (nSPS) is 30.5. The lowest BCUT2D eigenvalue weighted by Crippen LogP contribution is -2.52. The highest BCUT2D eigenvalue weighted by atomic mass is 35.5. The second-order valence-electron chi connectivity index (χ2n) is 5.97. The molecular formula is C13H28ClN3O2S. The van der Waals surface area contributed by atoms with E-state index in [1.807, 2.05) is 13.8 Å². The van der Waals surface area contributed by atoms with Crippen LogP contribution in [0.2, 0.25) is 0 Å². The Morgan fingerprint density at radius 1 is 1.25 bits per heavy atom. The molecule has 0 radical (unpaired) electrons. The van der Waals surface area contributed by atoms with Gasteiger partial charge in [-0.3, -0.25) is 0 Å². The van der Waals surface area contributed by atoms with Crippen molar-refractivity contribution in [1.29, 1.82) is 0 Å². The molecule has 0 saturated carbocycles. The molecule has 2 heterocycles. The lowest BCUT2D eigenvalue weighted by molar-refractivity contribution is 0.257. The van der Waals surface area contributed by atoms with Crippen molar-refractivity contribution in [2.45, 2.75) is 58.0 Å². The second kappa shape index (κ2) is 7.94. The predicted octanol–water partition coefficient (Wildman–Crippen LogP) is 1.51. The van der Waals surface area contributed by atoms with Gasteiger partial charge in [-0.1, -0.05) is 6.42 Å². The highest BCUT2D eigenvalue weighted by Crippen LogP contribution is 2.21. The van der Waals surface area contributed by atoms with Gasteiger partial charge in [-0.2, -0.15) is 17.4 Å². The van der Waals surface area contributed by atoms with Crippen molar-refractivity contribution in [2.75, 3.05) is 19.6 Å². The van der Waals surface area contributed by atoms with E-state index >= 15 is 0 Å². The summed E-state index contributed by atoms with van der Waals surface area (Å²) in [4.78, 5) is 0. The van der Waals surface area contributed by atoms with Gasteiger partial charge in [-0.05, 0) is 58.5 Å². The van der Waals surface area contributed by atoms with E-state index in [2.05, 4.69) is 10.0 Å². The summed E-state index contributed by atoms with van der Waals surface area (Å²) in [5.74, 6) is 0.406. The molecule has 0 amide bonds. The highest BCUT2D eigenvalue weighted by molar-refractivity contribution is 7.87. The molecule has 0 aromatic carbocycles. The summed E-state index contributed by atoms with van der Waals surface area (Å²) in [6.45, 7) is 6.62. The first-order chi connectivity index (χ1) is 9.00. The molecule has 0 aromatic heterocycles. The largest absolute Gasteiger partial charge is 0.316 e. The molecule has 3 atom stereocenters. The Morgan fingerprint density at radius 3 is 2.60 bits per heavy atom. The maximum Gasteiger partial charge on any atom is 0.279 e. The van der Waals surface area contributed by atoms with Crippen LogP contribution in [0.5, 0.6) is 0 Å². The van der Waals surface area contributed by atoms with E-state index in [0.29, 0.717) is 12.5 Å². The van der Waals surface area contributed by atoms with E-state index in [9.17, 15) is 8.42 Å². The molecular weight excluding hydrogens is 298 g/mol. The third-order valence-corrected chi connectivity index (χ3v) is 6.26. The molecule has 3 unspecified atom stereocenters. The van der Waals surface area contributed by atoms with E-state index in [1.54, 1.807) is 4.31 Å². The van der Waals surface area contributed by atoms with Gasteiger partial charge in [0.05, 0.1) is 0 Å². The fourth-order valence-corrected chi connectivity index (χ4v) is 4.88. The molecule has 5 nitrogen and oxygen atoms in total. The molecule has 0 spiro atoms. The Hall–Kier alpha value is 0.120. The first-order valence-electron chi connectivity index (χ1n) is 7.50. The summed E-state index contributed by atoms with van der Waals surface area (Å²) < 4.78 is 29.4. The van der Waals surface area contributed by atoms with Gasteiger partial charge in [0.25, 0.3) is 10.2 Å². The van der Waals surface area contributed by atoms with Crippen molar-refractivity contribution in [3.8, 4) is 0 Å². The van der Waals surface area contributed by atoms with E-state index in [1.165, 1.54) is 0 Å². The Morgan fingerprint density at radius 2 is 2.00 bits per heavy atom. The highest BCUT2D eigenvalue weighted by Gasteiger charge is 2.32. The minimum absolute atomic E-state index is 0. The summed E-state index contributed by atoms with van der Waals surface area (Å²) in [6, 6.07) is 0.134. The second-order valence-corrected chi connectivity index (χ2v) is 7.63. The molecule has 2 rings (SSSR count). The number of halogens is 1. The van der Waals surface area contributed by atoms with Gasteiger partial charge < -0.3 is 5.32 Å². The van der Waals surface area contributed by atoms with Crippen LogP contribution < -0.4 is 10.0 Å². The summed E-state index contributed by atoms with van der Waals surface area (Å²) in [6.07, 6.45) is 5.32. The lowest BCUT2D eigenvalue weighted by atomic mass is 9.94. The SMILES string of the molecule is CC(NS(=O)(=O)N1CCCCC1C)C1CCCNC1.Cl. The number of nitrogens with one attached hydrogen (secondary N) is 2. The number of nitrogens with zero attached hydrogens (tertiary/aromatic N) is 1. The van der Waals surface area contributed by atoms with Crippen molar-refractivity contribution in [2.24, 2.45) is 5.92 Å². The minimum Gasteiger partial charge on any atom is -0.316 e. The first-order valence-corrected chi connectivity index (χ1v) is 8.94. The zero-order valence-corrected chi connectivity index (χ0v) is 14.1. The van der Waals surface area contributed by atoms with Crippen molar-refractivity contribution < 1.29 is 8.42 Å². The van der Waals surface area contributed by atoms with Gasteiger partial charge in [-0.15, -0.1) is 12.4 Å². The average Bonchev–Trinajstić information content (AvgIpc) is 2.39. The fourth-order valence-electron chi connectivity index (χ4n) is 3.13. The van der Waals surface area contributed by atoms with Crippen LogP contribution >= 0.6 is 12.4 Å². The molecule has 120 valence electrons. The minimum atomic E-state index is -3.33. The van der Waals surface area contributed by atoms with E-state index in [0.717, 1.165) is 45.2 Å². The summed E-state index contributed by atoms with van der Waals surface area (Å²) in [5.41, 5.74) is 0. The zero-order valence-electron chi connectivity index (χ0n) is 12.5. The number of rotatable bonds is 4. The van der Waals surface area contributed by atoms with Crippen molar-refractivity contribution in [3.05, 3.63) is 0 Å². The van der Waals surface area contributed by atoms with Crippen LogP contribution in [0.25, 0.3) is 0 Å². The topological polar surface area (TPSA) is 61.4 Å². The average molecular weight is 326 g/mol. The van der Waals surface area contributed by atoms with Gasteiger partial charge in [0.2, 0.25) is 0 Å². The summed E-state index contributed by atoms with van der Waals surface area (Å²) in [5, 5.41) is 3.34. The maximum absolute atomic E-state index is 12.4. The molecule has 2 aliphatic heterocycles. The molecule has 2 N–H and O–H groups in total. The van der Waals surface area contributed by atoms with Crippen LogP contribution in [0, 0.1) is 5.92 Å². The third kappa shape index (κ3) is 4.56. The van der Waals surface area contributed by atoms with Crippen LogP contribution in [0.4, 0.5) is 0 Å². The standard InChI is InChI=1S/C13H27N3O2S.ClH/c1-11-6-3-4-9-16(11)19(17,18)15-12(2)13-7-5-8-14-10-13;/h11-15H,3-10H2,1-2H3;1H. The van der Waals surface area contributed by atoms with Crippen LogP contribution in [0.15, 0.2) is 0 Å². The maximum atomic E-state index is 12.4. The Balaban J connectivity index is 0.00000200. The van der Waals surface area contributed by atoms with Crippen molar-refractivity contribution in [3.63, 3.8) is 0 Å². The Kier molecular flexibility index (Phi) is 7.21. The third-order valence-electron chi connectivity index (χ3n) is 4.43. The molecule has 0 aromatic rings. The van der Waals surface area contributed by atoms with Crippen LogP contribution in [-0.2, 0) is 10.2 Å². The van der Waals surface area contributed by atoms with Gasteiger partial charge in [0.15, 0.2) is 0 Å². The molecule has 7 heteroatoms. The van der Waals surface area contributed by atoms with Gasteiger partial charge in [0, 0.05) is 18.6 Å². The Bertz CT molecular complexity index is 385. The van der Waals surface area contributed by atoms with E-state index < -0.39 is 10.2 Å². The first kappa shape index (κ1) is 18.2. The number of hydrogen-bond acceptors (Lipinski definition) is 3. The predicted molar refractivity (Wildman–Crippen MR) is 84.4 cm³/mol. The summed E-state index contributed by atoms with van der Waals surface area (Å²) in [7, 11) is -3.33. The van der Waals surface area contributed by atoms with Crippen molar-refractivity contribution in [1.82, 2.24) is 14.3 Å². The molecule has 2 fully saturated rings. The van der Waals surface area contributed by atoms with E-state index in [4.69, 9.17) is 0 Å². The molecule has 0 bridgehead atoms. The van der Waals surface area contributed by atoms with Gasteiger partial charge >= 0.3 is 0 Å². The molecule has 0 aliphatic carbocycles. The van der Waals surface area contributed by atoms with Gasteiger partial charge in [0.1, 0.15) is 0 Å². The zero-order chi connectivity index (χ0) is 13.9. The number of piperidine rings is 2. The van der Waals surface area contributed by atoms with E-state index in [-0.39, 0.29) is 24.5 Å². The summed E-state index contributed by atoms with van der Waals surface area (Å²) >= 11 is 0. The molecule has 20 heavy (non-hydrogen) atoms. The van der Waals surface area contributed by atoms with Crippen LogP contribution in [0.1, 0.15) is 46.0 Å². The van der Waals surface area contributed by atoms with Crippen LogP contribution in [0.3, 0.4) is 0 Å². The quantitative estimate of drug-likeness (QED) is 0.823. The van der Waals surface area contributed by atoms with Crippen LogP contribution in [-0.4, -0.2) is 44.4 Å². The van der Waals surface area contributed by atoms with Gasteiger partial charge in [-0.25, -0.2) is 0 Å². The number of hydrogen-bond donors (Lipinski definition) is 2. The molecule has 2 saturated heterocycles. The van der Waals surface area contributed by atoms with Crippen molar-refractivity contribution >= 4 is 22.6 Å². The fraction of sp³-hybridized carbons (Fsp3) is 1.00. The Labute approximate surface area is 129 Å². The monoisotopic (exact) mass is 325 g/mol. The lowest BCUT2D eigenvalue weighted by Gasteiger charge is -2.35.